The highest BCUT2D eigenvalue weighted by atomic mass is 16.5. The molecule has 0 atom stereocenters. The van der Waals surface area contributed by atoms with Crippen molar-refractivity contribution in [2.75, 3.05) is 38.8 Å². The zero-order valence-electron chi connectivity index (χ0n) is 17.0. The lowest BCUT2D eigenvalue weighted by atomic mass is 10.2. The van der Waals surface area contributed by atoms with Crippen LogP contribution in [-0.2, 0) is 11.3 Å². The molecule has 0 aliphatic carbocycles. The quantitative estimate of drug-likeness (QED) is 0.408. The van der Waals surface area contributed by atoms with Gasteiger partial charge < -0.3 is 25.0 Å². The molecule has 1 aliphatic heterocycles. The minimum Gasteiger partial charge on any atom is -0.497 e. The van der Waals surface area contributed by atoms with Gasteiger partial charge in [-0.3, -0.25) is 9.79 Å². The van der Waals surface area contributed by atoms with Crippen molar-refractivity contribution < 1.29 is 14.3 Å². The van der Waals surface area contributed by atoms with Crippen LogP contribution in [0, 0.1) is 0 Å². The van der Waals surface area contributed by atoms with E-state index in [0.717, 1.165) is 35.7 Å². The molecular weight excluding hydrogens is 368 g/mol. The number of nitrogens with zero attached hydrogens (tertiary/aromatic N) is 2. The lowest BCUT2D eigenvalue weighted by Gasteiger charge is -2.16. The van der Waals surface area contributed by atoms with Crippen LogP contribution in [0.25, 0.3) is 0 Å². The summed E-state index contributed by atoms with van der Waals surface area (Å²) in [5.74, 6) is 2.45. The third-order valence-corrected chi connectivity index (χ3v) is 4.71. The van der Waals surface area contributed by atoms with E-state index in [2.05, 4.69) is 15.6 Å². The number of aliphatic imine (C=N–C) groups is 1. The number of hydrogen-bond acceptors (Lipinski definition) is 4. The second kappa shape index (κ2) is 10.4. The maximum Gasteiger partial charge on any atom is 0.227 e. The minimum atomic E-state index is 0.205. The number of anilines is 1. The molecule has 7 heteroatoms. The fourth-order valence-electron chi connectivity index (χ4n) is 3.15. The Kier molecular flexibility index (Phi) is 7.33. The topological polar surface area (TPSA) is 75.2 Å². The second-order valence-corrected chi connectivity index (χ2v) is 6.70. The van der Waals surface area contributed by atoms with Crippen molar-refractivity contribution in [2.24, 2.45) is 4.99 Å². The molecule has 0 bridgehead atoms. The van der Waals surface area contributed by atoms with Crippen molar-refractivity contribution in [1.29, 1.82) is 0 Å². The van der Waals surface area contributed by atoms with Crippen LogP contribution in [0.2, 0.25) is 0 Å². The molecule has 0 aromatic heterocycles. The van der Waals surface area contributed by atoms with Crippen LogP contribution in [0.5, 0.6) is 11.5 Å². The van der Waals surface area contributed by atoms with Crippen LogP contribution in [0.1, 0.15) is 18.4 Å². The van der Waals surface area contributed by atoms with Gasteiger partial charge in [-0.25, -0.2) is 0 Å². The largest absolute Gasteiger partial charge is 0.497 e. The summed E-state index contributed by atoms with van der Waals surface area (Å²) in [6, 6.07) is 15.6. The Balaban J connectivity index is 1.40. The lowest BCUT2D eigenvalue weighted by Crippen LogP contribution is -2.38. The predicted molar refractivity (Wildman–Crippen MR) is 115 cm³/mol. The minimum absolute atomic E-state index is 0.205. The lowest BCUT2D eigenvalue weighted by molar-refractivity contribution is -0.117. The summed E-state index contributed by atoms with van der Waals surface area (Å²) in [4.78, 5) is 17.9. The van der Waals surface area contributed by atoms with Crippen molar-refractivity contribution in [2.45, 2.75) is 19.4 Å². The Hall–Kier alpha value is -3.22. The van der Waals surface area contributed by atoms with Gasteiger partial charge in [0.15, 0.2) is 5.96 Å². The number of methoxy groups -OCH3 is 1. The normalized spacial score (nSPS) is 14.1. The Bertz CT molecular complexity index is 836. The third-order valence-electron chi connectivity index (χ3n) is 4.71. The summed E-state index contributed by atoms with van der Waals surface area (Å²) in [5, 5.41) is 6.51. The van der Waals surface area contributed by atoms with E-state index in [1.165, 1.54) is 0 Å². The van der Waals surface area contributed by atoms with E-state index in [1.54, 1.807) is 14.2 Å². The molecule has 7 nitrogen and oxygen atoms in total. The number of amides is 1. The van der Waals surface area contributed by atoms with Crippen LogP contribution in [0.3, 0.4) is 0 Å². The van der Waals surface area contributed by atoms with Crippen LogP contribution < -0.4 is 25.0 Å². The first-order chi connectivity index (χ1) is 14.2. The van der Waals surface area contributed by atoms with Crippen LogP contribution in [-0.4, -0.2) is 45.7 Å². The zero-order chi connectivity index (χ0) is 20.5. The van der Waals surface area contributed by atoms with Gasteiger partial charge in [0.25, 0.3) is 0 Å². The molecule has 1 aliphatic rings. The summed E-state index contributed by atoms with van der Waals surface area (Å²) >= 11 is 0. The van der Waals surface area contributed by atoms with E-state index in [0.29, 0.717) is 32.1 Å². The maximum atomic E-state index is 11.8. The summed E-state index contributed by atoms with van der Waals surface area (Å²) in [5.41, 5.74) is 2.09. The van der Waals surface area contributed by atoms with E-state index < -0.39 is 0 Å². The molecule has 2 aromatic carbocycles. The second-order valence-electron chi connectivity index (χ2n) is 6.70. The Labute approximate surface area is 171 Å². The van der Waals surface area contributed by atoms with E-state index in [9.17, 15) is 4.79 Å². The molecule has 1 amide bonds. The molecular formula is C22H28N4O3. The fourth-order valence-corrected chi connectivity index (χ4v) is 3.15. The first kappa shape index (κ1) is 20.5. The number of carbonyl (C=O) groups excluding carboxylic acids is 1. The van der Waals surface area contributed by atoms with Gasteiger partial charge in [0.2, 0.25) is 5.91 Å². The molecule has 3 rings (SSSR count). The Morgan fingerprint density at radius 2 is 1.93 bits per heavy atom. The van der Waals surface area contributed by atoms with Crippen molar-refractivity contribution in [3.05, 3.63) is 54.1 Å². The molecule has 0 radical (unpaired) electrons. The van der Waals surface area contributed by atoms with Crippen molar-refractivity contribution >= 4 is 17.6 Å². The van der Waals surface area contributed by atoms with Gasteiger partial charge in [0, 0.05) is 38.3 Å². The maximum absolute atomic E-state index is 11.8. The number of hydrogen-bond donors (Lipinski definition) is 2. The van der Waals surface area contributed by atoms with Crippen LogP contribution in [0.15, 0.2) is 53.5 Å². The zero-order valence-corrected chi connectivity index (χ0v) is 17.0. The van der Waals surface area contributed by atoms with Gasteiger partial charge in [-0.05, 0) is 36.2 Å². The van der Waals surface area contributed by atoms with Crippen LogP contribution in [0.4, 0.5) is 5.69 Å². The van der Waals surface area contributed by atoms with E-state index in [1.807, 2.05) is 53.4 Å². The number of ether oxygens (including phenoxy) is 2. The van der Waals surface area contributed by atoms with Gasteiger partial charge in [-0.15, -0.1) is 0 Å². The molecule has 0 saturated carbocycles. The summed E-state index contributed by atoms with van der Waals surface area (Å²) in [6.45, 7) is 2.58. The monoisotopic (exact) mass is 396 g/mol. The van der Waals surface area contributed by atoms with Gasteiger partial charge in [-0.2, -0.15) is 0 Å². The molecule has 0 spiro atoms. The SMILES string of the molecule is CN=C(NCCOc1cccc(OC)c1)NCc1ccc(N2CCCC2=O)cc1. The molecule has 0 unspecified atom stereocenters. The molecule has 2 N–H and O–H groups in total. The molecule has 1 fully saturated rings. The first-order valence-electron chi connectivity index (χ1n) is 9.80. The summed E-state index contributed by atoms with van der Waals surface area (Å²) in [7, 11) is 3.37. The Morgan fingerprint density at radius 3 is 2.62 bits per heavy atom. The van der Waals surface area contributed by atoms with Gasteiger partial charge in [0.1, 0.15) is 18.1 Å². The van der Waals surface area contributed by atoms with E-state index >= 15 is 0 Å². The van der Waals surface area contributed by atoms with Crippen molar-refractivity contribution in [1.82, 2.24) is 10.6 Å². The smallest absolute Gasteiger partial charge is 0.227 e. The number of rotatable bonds is 8. The van der Waals surface area contributed by atoms with E-state index in [4.69, 9.17) is 9.47 Å². The predicted octanol–water partition coefficient (Wildman–Crippen LogP) is 2.57. The Morgan fingerprint density at radius 1 is 1.14 bits per heavy atom. The average Bonchev–Trinajstić information content (AvgIpc) is 3.19. The number of guanidine groups is 1. The molecule has 2 aromatic rings. The molecule has 29 heavy (non-hydrogen) atoms. The number of carbonyl (C=O) groups is 1. The summed E-state index contributed by atoms with van der Waals surface area (Å²) < 4.78 is 10.9. The van der Waals surface area contributed by atoms with Gasteiger partial charge >= 0.3 is 0 Å². The van der Waals surface area contributed by atoms with Crippen LogP contribution >= 0.6 is 0 Å². The highest BCUT2D eigenvalue weighted by Gasteiger charge is 2.21. The first-order valence-corrected chi connectivity index (χ1v) is 9.80. The van der Waals surface area contributed by atoms with Crippen molar-refractivity contribution in [3.63, 3.8) is 0 Å². The van der Waals surface area contributed by atoms with E-state index in [-0.39, 0.29) is 5.91 Å². The molecule has 1 heterocycles. The van der Waals surface area contributed by atoms with Gasteiger partial charge in [0.05, 0.1) is 13.7 Å². The number of nitrogens with one attached hydrogen (secondary N) is 2. The highest BCUT2D eigenvalue weighted by Crippen LogP contribution is 2.21. The average molecular weight is 396 g/mol. The molecule has 1 saturated heterocycles. The standard InChI is InChI=1S/C22H28N4O3/c1-23-22(24-12-14-29-20-6-3-5-19(15-20)28-2)25-16-17-8-10-18(11-9-17)26-13-4-7-21(26)27/h3,5-6,8-11,15H,4,7,12-14,16H2,1-2H3,(H2,23,24,25). The fraction of sp³-hybridized carbons (Fsp3) is 0.364. The third kappa shape index (κ3) is 5.88. The number of benzene rings is 2. The molecule has 154 valence electrons. The highest BCUT2D eigenvalue weighted by molar-refractivity contribution is 5.95. The van der Waals surface area contributed by atoms with Gasteiger partial charge in [-0.1, -0.05) is 18.2 Å². The summed E-state index contributed by atoms with van der Waals surface area (Å²) in [6.07, 6.45) is 1.58. The van der Waals surface area contributed by atoms with Crippen molar-refractivity contribution in [3.8, 4) is 11.5 Å².